The maximum Gasteiger partial charge on any atom is 0.243 e. The highest BCUT2D eigenvalue weighted by Crippen LogP contribution is 1.95. The molecule has 0 bridgehead atoms. The number of carbonyl (C=O) groups is 1. The number of carbonyl (C=O) groups excluding carboxylic acids is 1. The Morgan fingerprint density at radius 3 is 2.50 bits per heavy atom. The number of aliphatic carboxylic acids is 1. The average Bonchev–Trinajstić information content (AvgIpc) is 2.76. The summed E-state index contributed by atoms with van der Waals surface area (Å²) < 4.78 is 4.16. The van der Waals surface area contributed by atoms with Crippen LogP contribution in [0.15, 0.2) is 18.7 Å². The van der Waals surface area contributed by atoms with E-state index in [-0.39, 0.29) is 0 Å². The van der Waals surface area contributed by atoms with Gasteiger partial charge in [-0.25, -0.2) is 9.13 Å². The third-order valence-corrected chi connectivity index (χ3v) is 2.46. The van der Waals surface area contributed by atoms with Crippen LogP contribution in [-0.2, 0) is 18.4 Å². The Labute approximate surface area is 108 Å². The van der Waals surface area contributed by atoms with Crippen LogP contribution >= 0.6 is 0 Å². The summed E-state index contributed by atoms with van der Waals surface area (Å²) >= 11 is 0. The van der Waals surface area contributed by atoms with E-state index in [1.165, 1.54) is 0 Å². The average molecular weight is 256 g/mol. The lowest BCUT2D eigenvalue weighted by Crippen LogP contribution is -2.41. The van der Waals surface area contributed by atoms with Gasteiger partial charge in [0.1, 0.15) is 12.4 Å². The van der Waals surface area contributed by atoms with Crippen LogP contribution < -0.4 is 21.1 Å². The molecule has 0 aromatic carbocycles. The Morgan fingerprint density at radius 2 is 2.17 bits per heavy atom. The molecule has 1 aromatic heterocycles. The Morgan fingerprint density at radius 1 is 1.50 bits per heavy atom. The van der Waals surface area contributed by atoms with E-state index in [2.05, 4.69) is 24.0 Å². The summed E-state index contributed by atoms with van der Waals surface area (Å²) in [6.45, 7) is 3.76. The molecule has 0 spiro atoms. The summed E-state index contributed by atoms with van der Waals surface area (Å²) in [5.74, 6) is -1.18. The van der Waals surface area contributed by atoms with Crippen LogP contribution in [0.5, 0.6) is 0 Å². The minimum absolute atomic E-state index is 0.458. The van der Waals surface area contributed by atoms with Crippen molar-refractivity contribution in [3.63, 3.8) is 0 Å². The molecule has 6 nitrogen and oxygen atoms in total. The van der Waals surface area contributed by atoms with Crippen molar-refractivity contribution in [1.29, 1.82) is 0 Å². The number of imidazole rings is 1. The number of aromatic nitrogens is 2. The molecule has 0 aliphatic carbocycles. The molecule has 1 rings (SSSR count). The van der Waals surface area contributed by atoms with Crippen molar-refractivity contribution in [3.8, 4) is 0 Å². The van der Waals surface area contributed by atoms with Crippen LogP contribution in [0.4, 0.5) is 0 Å². The minimum Gasteiger partial charge on any atom is -0.548 e. The first-order chi connectivity index (χ1) is 8.51. The molecule has 0 saturated heterocycles. The highest BCUT2D eigenvalue weighted by molar-refractivity contribution is 5.70. The number of hydrogen-bond acceptors (Lipinski definition) is 4. The predicted octanol–water partition coefficient (Wildman–Crippen LogP) is -1.47. The summed E-state index contributed by atoms with van der Waals surface area (Å²) in [4.78, 5) is 10.0. The zero-order valence-corrected chi connectivity index (χ0v) is 11.2. The van der Waals surface area contributed by atoms with E-state index in [1.807, 2.05) is 17.8 Å². The Kier molecular flexibility index (Phi) is 8.86. The molecule has 1 aromatic rings. The molecule has 1 unspecified atom stereocenters. The quantitative estimate of drug-likeness (QED) is 0.479. The number of carboxylic acid groups (broad SMARTS) is 1. The molecule has 1 heterocycles. The standard InChI is InChI=1S/C6H14N2O2.C6H11N2/c7-4-2-1-3-5(8)6(9)10;1-3-8-5-4-7(2)6-8/h5H,1-4,7-8H2,(H,9,10);4-6H,3H2,1-2H3/q;+1/p-1. The molecular formula is C12H24N4O2. The van der Waals surface area contributed by atoms with Gasteiger partial charge in [0.05, 0.1) is 19.6 Å². The molecule has 4 N–H and O–H groups in total. The van der Waals surface area contributed by atoms with Gasteiger partial charge in [0, 0.05) is 6.04 Å². The molecular weight excluding hydrogens is 232 g/mol. The van der Waals surface area contributed by atoms with E-state index in [0.717, 1.165) is 19.4 Å². The number of carboxylic acids is 1. The van der Waals surface area contributed by atoms with Crippen LogP contribution in [0.2, 0.25) is 0 Å². The van der Waals surface area contributed by atoms with Crippen molar-refractivity contribution in [2.45, 2.75) is 38.8 Å². The summed E-state index contributed by atoms with van der Waals surface area (Å²) in [5.41, 5.74) is 10.3. The van der Waals surface area contributed by atoms with Crippen molar-refractivity contribution < 1.29 is 14.5 Å². The molecule has 0 radical (unpaired) electrons. The van der Waals surface area contributed by atoms with Gasteiger partial charge in [0.25, 0.3) is 0 Å². The predicted molar refractivity (Wildman–Crippen MR) is 67.2 cm³/mol. The lowest BCUT2D eigenvalue weighted by Gasteiger charge is -2.10. The molecule has 104 valence electrons. The van der Waals surface area contributed by atoms with Crippen molar-refractivity contribution in [2.75, 3.05) is 6.54 Å². The molecule has 0 saturated carbocycles. The zero-order valence-electron chi connectivity index (χ0n) is 11.2. The third kappa shape index (κ3) is 7.81. The number of aryl methyl sites for hydroxylation is 2. The first-order valence-electron chi connectivity index (χ1n) is 6.18. The molecule has 0 aliphatic heterocycles. The second-order valence-electron chi connectivity index (χ2n) is 4.12. The molecule has 0 aliphatic rings. The largest absolute Gasteiger partial charge is 0.548 e. The van der Waals surface area contributed by atoms with Crippen LogP contribution in [-0.4, -0.2) is 23.1 Å². The first kappa shape index (κ1) is 16.6. The number of hydrogen-bond donors (Lipinski definition) is 2. The number of nitrogens with zero attached hydrogens (tertiary/aromatic N) is 2. The van der Waals surface area contributed by atoms with Crippen molar-refractivity contribution in [3.05, 3.63) is 18.7 Å². The number of unbranched alkanes of at least 4 members (excludes halogenated alkanes) is 1. The molecule has 0 amide bonds. The molecule has 6 heteroatoms. The highest BCUT2D eigenvalue weighted by Gasteiger charge is 2.00. The van der Waals surface area contributed by atoms with Crippen LogP contribution in [0.1, 0.15) is 26.2 Å². The second kappa shape index (κ2) is 9.61. The van der Waals surface area contributed by atoms with Gasteiger partial charge >= 0.3 is 0 Å². The third-order valence-electron chi connectivity index (χ3n) is 2.46. The topological polar surface area (TPSA) is 101 Å². The first-order valence-corrected chi connectivity index (χ1v) is 6.18. The van der Waals surface area contributed by atoms with E-state index in [0.29, 0.717) is 13.0 Å². The van der Waals surface area contributed by atoms with E-state index >= 15 is 0 Å². The zero-order chi connectivity index (χ0) is 14.0. The Balaban J connectivity index is 0.000000327. The molecule has 1 atom stereocenters. The molecule has 18 heavy (non-hydrogen) atoms. The summed E-state index contributed by atoms with van der Waals surface area (Å²) in [6.07, 6.45) is 8.18. The van der Waals surface area contributed by atoms with E-state index in [1.54, 1.807) is 0 Å². The van der Waals surface area contributed by atoms with Crippen LogP contribution in [0.3, 0.4) is 0 Å². The van der Waals surface area contributed by atoms with Crippen molar-refractivity contribution in [2.24, 2.45) is 18.5 Å². The smallest absolute Gasteiger partial charge is 0.243 e. The monoisotopic (exact) mass is 256 g/mol. The summed E-state index contributed by atoms with van der Waals surface area (Å²) in [5, 5.41) is 10.0. The maximum atomic E-state index is 10.0. The Bertz CT molecular complexity index is 339. The van der Waals surface area contributed by atoms with Crippen LogP contribution in [0, 0.1) is 0 Å². The Hall–Kier alpha value is -1.40. The van der Waals surface area contributed by atoms with Crippen molar-refractivity contribution in [1.82, 2.24) is 4.57 Å². The fourth-order valence-electron chi connectivity index (χ4n) is 1.32. The fraction of sp³-hybridized carbons (Fsp3) is 0.667. The van der Waals surface area contributed by atoms with E-state index in [9.17, 15) is 9.90 Å². The number of rotatable bonds is 6. The molecule has 0 fully saturated rings. The van der Waals surface area contributed by atoms with Gasteiger partial charge in [-0.3, -0.25) is 0 Å². The van der Waals surface area contributed by atoms with Gasteiger partial charge in [-0.15, -0.1) is 0 Å². The highest BCUT2D eigenvalue weighted by atomic mass is 16.4. The SMILES string of the molecule is CC[n+]1ccn(C)c1.NCCCCC(N)C(=O)[O-]. The van der Waals surface area contributed by atoms with Gasteiger partial charge < -0.3 is 21.4 Å². The van der Waals surface area contributed by atoms with Crippen molar-refractivity contribution >= 4 is 5.97 Å². The summed E-state index contributed by atoms with van der Waals surface area (Å²) in [6, 6.07) is -0.827. The van der Waals surface area contributed by atoms with E-state index in [4.69, 9.17) is 11.5 Å². The summed E-state index contributed by atoms with van der Waals surface area (Å²) in [7, 11) is 2.02. The van der Waals surface area contributed by atoms with E-state index < -0.39 is 12.0 Å². The van der Waals surface area contributed by atoms with Gasteiger partial charge in [-0.05, 0) is 26.3 Å². The van der Waals surface area contributed by atoms with Crippen LogP contribution in [0.25, 0.3) is 0 Å². The lowest BCUT2D eigenvalue weighted by atomic mass is 10.1. The second-order valence-corrected chi connectivity index (χ2v) is 4.12. The normalized spacial score (nSPS) is 11.6. The van der Waals surface area contributed by atoms with Gasteiger partial charge in [-0.1, -0.05) is 6.42 Å². The maximum absolute atomic E-state index is 10.0. The fourth-order valence-corrected chi connectivity index (χ4v) is 1.32. The van der Waals surface area contributed by atoms with Gasteiger partial charge in [0.15, 0.2) is 0 Å². The van der Waals surface area contributed by atoms with Gasteiger partial charge in [-0.2, -0.15) is 0 Å². The van der Waals surface area contributed by atoms with Gasteiger partial charge in [0.2, 0.25) is 6.33 Å². The number of nitrogens with two attached hydrogens (primary N) is 2. The lowest BCUT2D eigenvalue weighted by molar-refractivity contribution is -0.693. The minimum atomic E-state index is -1.18.